The van der Waals surface area contributed by atoms with Crippen molar-refractivity contribution in [1.82, 2.24) is 20.9 Å². The number of ketones is 1. The fraction of sp³-hybridized carbons (Fsp3) is 0.653. The van der Waals surface area contributed by atoms with E-state index >= 15 is 0 Å². The lowest BCUT2D eigenvalue weighted by molar-refractivity contribution is -0.385. The highest BCUT2D eigenvalue weighted by atomic mass is 32.2. The van der Waals surface area contributed by atoms with E-state index in [2.05, 4.69) is 28.1 Å². The van der Waals surface area contributed by atoms with Gasteiger partial charge >= 0.3 is 12.0 Å². The maximum Gasteiger partial charge on any atom is 0.315 e. The summed E-state index contributed by atoms with van der Waals surface area (Å²) in [6.45, 7) is 13.8. The first-order valence-corrected chi connectivity index (χ1v) is 24.7. The minimum absolute atomic E-state index is 0.0420. The number of carbonyl (C=O) groups is 5. The smallest absolute Gasteiger partial charge is 0.315 e. The molecule has 0 bridgehead atoms. The topological polar surface area (TPSA) is 186 Å². The fourth-order valence-corrected chi connectivity index (χ4v) is 11.7. The number of benzene rings is 1. The molecule has 0 saturated carbocycles. The van der Waals surface area contributed by atoms with E-state index in [1.165, 1.54) is 12.1 Å². The van der Waals surface area contributed by atoms with Crippen molar-refractivity contribution >= 4 is 58.7 Å². The molecular weight excluding hydrogens is 835 g/mol. The van der Waals surface area contributed by atoms with Gasteiger partial charge in [-0.15, -0.1) is 0 Å². The number of piperazine rings is 1. The summed E-state index contributed by atoms with van der Waals surface area (Å²) in [6.07, 6.45) is 21.4. The third kappa shape index (κ3) is 9.79. The Balaban J connectivity index is 0.00000335. The molecule has 5 heterocycles. The first-order chi connectivity index (χ1) is 30.5. The number of nitro benzene ring substituents is 1. The van der Waals surface area contributed by atoms with Gasteiger partial charge in [0.15, 0.2) is 5.78 Å². The van der Waals surface area contributed by atoms with Crippen LogP contribution in [0.3, 0.4) is 0 Å². The van der Waals surface area contributed by atoms with Crippen molar-refractivity contribution in [3.05, 3.63) is 57.7 Å². The molecule has 3 N–H and O–H groups in total. The van der Waals surface area contributed by atoms with E-state index < -0.39 is 32.9 Å². The maximum atomic E-state index is 14.3. The zero-order chi connectivity index (χ0) is 46.5. The first-order valence-electron chi connectivity index (χ1n) is 23.6. The van der Waals surface area contributed by atoms with Crippen molar-refractivity contribution in [2.24, 2.45) is 11.3 Å². The van der Waals surface area contributed by atoms with Crippen LogP contribution in [0.1, 0.15) is 149 Å². The van der Waals surface area contributed by atoms with Gasteiger partial charge in [0.05, 0.1) is 34.7 Å². The number of nitrogens with one attached hydrogen (secondary N) is 3. The van der Waals surface area contributed by atoms with Gasteiger partial charge in [0.1, 0.15) is 22.4 Å². The number of amides is 4. The van der Waals surface area contributed by atoms with Crippen LogP contribution < -0.4 is 20.7 Å². The van der Waals surface area contributed by atoms with Crippen LogP contribution in [-0.4, -0.2) is 92.3 Å². The summed E-state index contributed by atoms with van der Waals surface area (Å²) in [5.41, 5.74) is -4.27. The molecule has 350 valence electrons. The fourth-order valence-electron chi connectivity index (χ4n) is 10.2. The molecule has 4 saturated heterocycles. The predicted molar refractivity (Wildman–Crippen MR) is 250 cm³/mol. The van der Waals surface area contributed by atoms with Crippen LogP contribution in [0.4, 0.5) is 10.5 Å². The van der Waals surface area contributed by atoms with Gasteiger partial charge in [0.2, 0.25) is 5.91 Å². The number of Topliss-reactive ketones (excluding diaryl/α,β-unsaturated/α-hetero) is 1. The number of nitrogens with zero attached hydrogens (tertiary/aromatic N) is 2. The van der Waals surface area contributed by atoms with Gasteiger partial charge in [-0.05, 0) is 89.2 Å². The van der Waals surface area contributed by atoms with Crippen molar-refractivity contribution in [2.45, 2.75) is 172 Å². The highest BCUT2D eigenvalue weighted by Gasteiger charge is 2.64. The van der Waals surface area contributed by atoms with Crippen LogP contribution in [-0.2, 0) is 23.9 Å². The number of urea groups is 1. The molecule has 6 aliphatic rings. The monoisotopic (exact) mass is 903 g/mol. The molecular formula is C49H69N5O9S. The highest BCUT2D eigenvalue weighted by Crippen LogP contribution is 2.52. The van der Waals surface area contributed by atoms with Crippen molar-refractivity contribution in [2.75, 3.05) is 18.9 Å². The van der Waals surface area contributed by atoms with E-state index in [0.29, 0.717) is 49.8 Å². The Morgan fingerprint density at radius 1 is 1.00 bits per heavy atom. The summed E-state index contributed by atoms with van der Waals surface area (Å²) < 4.78 is 11.8. The van der Waals surface area contributed by atoms with Crippen LogP contribution >= 0.6 is 11.8 Å². The molecule has 7 unspecified atom stereocenters. The Morgan fingerprint density at radius 3 is 2.48 bits per heavy atom. The Labute approximate surface area is 382 Å². The number of hydrogen-bond acceptors (Lipinski definition) is 10. The van der Waals surface area contributed by atoms with E-state index in [-0.39, 0.29) is 64.1 Å². The third-order valence-electron chi connectivity index (χ3n) is 14.4. The van der Waals surface area contributed by atoms with Gasteiger partial charge in [0.25, 0.3) is 11.6 Å². The molecule has 1 aromatic rings. The lowest BCUT2D eigenvalue weighted by atomic mass is 9.58. The number of thioether (sulfide) groups is 1. The van der Waals surface area contributed by atoms with Crippen LogP contribution in [0.2, 0.25) is 0 Å². The predicted octanol–water partition coefficient (Wildman–Crippen LogP) is 8.61. The first kappa shape index (κ1) is 48.8. The average molecular weight is 904 g/mol. The van der Waals surface area contributed by atoms with Crippen molar-refractivity contribution in [1.29, 1.82) is 0 Å². The van der Waals surface area contributed by atoms with Gasteiger partial charge in [-0.3, -0.25) is 29.3 Å². The molecule has 7 atom stereocenters. The molecule has 5 aliphatic heterocycles. The molecule has 15 heteroatoms. The number of allylic oxidation sites excluding steroid dienone is 2. The van der Waals surface area contributed by atoms with E-state index in [0.717, 1.165) is 70.0 Å². The van der Waals surface area contributed by atoms with E-state index in [4.69, 9.17) is 9.47 Å². The van der Waals surface area contributed by atoms with E-state index in [1.807, 2.05) is 38.6 Å². The molecule has 64 heavy (non-hydrogen) atoms. The van der Waals surface area contributed by atoms with Gasteiger partial charge in [0, 0.05) is 47.3 Å². The maximum absolute atomic E-state index is 14.3. The molecule has 7 rings (SSSR count). The van der Waals surface area contributed by atoms with E-state index in [1.54, 1.807) is 44.7 Å². The number of carbonyl (C=O) groups excluding carboxylic acids is 5. The molecule has 1 spiro atoms. The Kier molecular flexibility index (Phi) is 15.4. The number of hydrogen-bond donors (Lipinski definition) is 3. The number of nitro groups is 1. The minimum Gasteiger partial charge on any atom is -0.482 e. The quantitative estimate of drug-likeness (QED) is 0.0322. The standard InChI is InChI=1S/C47H63N5O9S.C2H6/c1-30-44(2,3)40(54)33(28-47(30)42(56)51-26-17-24-46(51,5)41(55)50-47)31-20-21-35-32(39(31)52(58)59)22-25-45(4,61-35)23-15-11-9-7-6-8-10-12-16-27-60-37(53)19-14-13-18-36-38-34(29-62-36)48-43(57)49-38;1-2/h11,15,20-22,25,28,30,34,36,38H,6-10,12-14,16-19,23-24,26-27,29H2,1-5H3,(H,50,55)(H2,48,49,57);1-2H3/b15-11+;. The van der Waals surface area contributed by atoms with Crippen LogP contribution in [0, 0.1) is 21.4 Å². The molecule has 1 aromatic carbocycles. The number of rotatable bonds is 18. The van der Waals surface area contributed by atoms with Crippen LogP contribution in [0.5, 0.6) is 5.75 Å². The zero-order valence-corrected chi connectivity index (χ0v) is 39.7. The van der Waals surface area contributed by atoms with Gasteiger partial charge in [-0.25, -0.2) is 4.79 Å². The van der Waals surface area contributed by atoms with Crippen LogP contribution in [0.15, 0.2) is 36.4 Å². The summed E-state index contributed by atoms with van der Waals surface area (Å²) in [5, 5.41) is 22.2. The normalized spacial score (nSPS) is 29.8. The third-order valence-corrected chi connectivity index (χ3v) is 15.9. The van der Waals surface area contributed by atoms with Crippen molar-refractivity contribution < 1.29 is 38.4 Å². The van der Waals surface area contributed by atoms with Crippen molar-refractivity contribution in [3.63, 3.8) is 0 Å². The van der Waals surface area contributed by atoms with Gasteiger partial charge < -0.3 is 30.3 Å². The Morgan fingerprint density at radius 2 is 1.73 bits per heavy atom. The lowest BCUT2D eigenvalue weighted by Gasteiger charge is -2.54. The van der Waals surface area contributed by atoms with Crippen LogP contribution in [0.25, 0.3) is 11.6 Å². The number of fused-ring (bicyclic) bond motifs is 3. The lowest BCUT2D eigenvalue weighted by Crippen LogP contribution is -2.76. The molecule has 14 nitrogen and oxygen atoms in total. The second-order valence-corrected chi connectivity index (χ2v) is 20.3. The second-order valence-electron chi connectivity index (χ2n) is 19.0. The SMILES string of the molecule is CC.CC1C(C)(C)C(=O)C(c2ccc3c(c2[N+](=O)[O-])C=CC(C)(C/C=C/CCCCCCCCOC(=O)CCCCC2SCC4NC(=O)NC42)O3)=CC12NC(=O)C1(C)CCCN1C2=O. The highest BCUT2D eigenvalue weighted by molar-refractivity contribution is 8.00. The summed E-state index contributed by atoms with van der Waals surface area (Å²) in [5.74, 6) is -0.372. The molecule has 0 radical (unpaired) electrons. The number of esters is 1. The number of ether oxygens (including phenoxy) is 2. The molecule has 1 aliphatic carbocycles. The molecule has 4 fully saturated rings. The second kappa shape index (κ2) is 20.2. The largest absolute Gasteiger partial charge is 0.482 e. The Bertz CT molecular complexity index is 2070. The van der Waals surface area contributed by atoms with Crippen molar-refractivity contribution in [3.8, 4) is 5.75 Å². The van der Waals surface area contributed by atoms with Gasteiger partial charge in [-0.1, -0.05) is 78.9 Å². The zero-order valence-electron chi connectivity index (χ0n) is 38.8. The number of unbranched alkanes of at least 4 members (excludes halogenated alkanes) is 7. The van der Waals surface area contributed by atoms with E-state index in [9.17, 15) is 34.1 Å². The summed E-state index contributed by atoms with van der Waals surface area (Å²) in [6, 6.07) is 3.55. The summed E-state index contributed by atoms with van der Waals surface area (Å²) >= 11 is 1.90. The summed E-state index contributed by atoms with van der Waals surface area (Å²) in [7, 11) is 0. The molecule has 0 aromatic heterocycles. The average Bonchev–Trinajstić information content (AvgIpc) is 3.97. The van der Waals surface area contributed by atoms with Gasteiger partial charge in [-0.2, -0.15) is 11.8 Å². The minimum atomic E-state index is -1.54. The summed E-state index contributed by atoms with van der Waals surface area (Å²) in [4.78, 5) is 79.8. The molecule has 4 amide bonds. The Hall–Kier alpha value is -4.66.